The van der Waals surface area contributed by atoms with Crippen LogP contribution in [0.5, 0.6) is 0 Å². The Morgan fingerprint density at radius 1 is 0.966 bits per heavy atom. The molecule has 4 heteroatoms. The molecular formula is C25H26F4. The minimum atomic E-state index is -0.842. The number of hydrogen-bond acceptors (Lipinski definition) is 0. The number of fused-ring (bicyclic) bond motifs is 3. The Labute approximate surface area is 169 Å². The third kappa shape index (κ3) is 3.99. The first-order valence-electron chi connectivity index (χ1n) is 10.6. The molecule has 154 valence electrons. The number of allylic oxidation sites excluding steroid dienone is 2. The van der Waals surface area contributed by atoms with Crippen LogP contribution in [-0.2, 0) is 6.42 Å². The lowest BCUT2D eigenvalue weighted by molar-refractivity contribution is 0.234. The molecule has 3 atom stereocenters. The minimum Gasteiger partial charge on any atom is -0.207 e. The van der Waals surface area contributed by atoms with Crippen LogP contribution >= 0.6 is 0 Å². The largest absolute Gasteiger partial charge is 0.207 e. The van der Waals surface area contributed by atoms with Crippen LogP contribution < -0.4 is 0 Å². The first-order valence-corrected chi connectivity index (χ1v) is 10.6. The number of hydrogen-bond donors (Lipinski definition) is 0. The molecule has 0 saturated heterocycles. The van der Waals surface area contributed by atoms with Crippen molar-refractivity contribution in [2.75, 3.05) is 0 Å². The van der Waals surface area contributed by atoms with Gasteiger partial charge in [0.1, 0.15) is 23.3 Å². The molecule has 2 aliphatic rings. The van der Waals surface area contributed by atoms with E-state index in [2.05, 4.69) is 19.1 Å². The Bertz CT molecular complexity index is 911. The van der Waals surface area contributed by atoms with Gasteiger partial charge in [0, 0.05) is 6.07 Å². The monoisotopic (exact) mass is 402 g/mol. The van der Waals surface area contributed by atoms with Gasteiger partial charge in [0.15, 0.2) is 0 Å². The van der Waals surface area contributed by atoms with E-state index in [4.69, 9.17) is 0 Å². The van der Waals surface area contributed by atoms with Gasteiger partial charge in [-0.25, -0.2) is 17.6 Å². The molecule has 2 aliphatic carbocycles. The summed E-state index contributed by atoms with van der Waals surface area (Å²) in [6.07, 6.45) is 11.2. The van der Waals surface area contributed by atoms with E-state index in [1.54, 1.807) is 0 Å². The molecule has 4 rings (SSSR count). The summed E-state index contributed by atoms with van der Waals surface area (Å²) < 4.78 is 57.4. The van der Waals surface area contributed by atoms with E-state index in [9.17, 15) is 13.2 Å². The van der Waals surface area contributed by atoms with Crippen LogP contribution in [0.2, 0.25) is 0 Å². The van der Waals surface area contributed by atoms with Crippen LogP contribution in [-0.4, -0.2) is 0 Å². The molecule has 29 heavy (non-hydrogen) atoms. The molecule has 0 spiro atoms. The lowest BCUT2D eigenvalue weighted by Gasteiger charge is -2.40. The summed E-state index contributed by atoms with van der Waals surface area (Å²) in [5, 5.41) is 0. The summed E-state index contributed by atoms with van der Waals surface area (Å²) in [7, 11) is 0. The standard InChI is InChI=1S/C25H26F4/c1-2-3-4-5-15-6-8-20-16(10-15)7-9-21-22(20)14-23(28)24(25(21)29)17-11-18(26)13-19(27)12-17/h4-5,11-16,20H,2-3,6-10H2,1H3. The molecule has 0 aliphatic heterocycles. The van der Waals surface area contributed by atoms with Crippen molar-refractivity contribution in [3.63, 3.8) is 0 Å². The first kappa shape index (κ1) is 20.2. The normalized spacial score (nSPS) is 23.8. The van der Waals surface area contributed by atoms with Gasteiger partial charge in [-0.1, -0.05) is 25.5 Å². The molecule has 0 radical (unpaired) electrons. The SMILES string of the molecule is CCCC=CC1CCC2c3cc(F)c(-c4cc(F)cc(F)c4)c(F)c3CCC2C1. The highest BCUT2D eigenvalue weighted by atomic mass is 19.1. The molecule has 2 aromatic carbocycles. The van der Waals surface area contributed by atoms with Gasteiger partial charge in [0.05, 0.1) is 5.56 Å². The summed E-state index contributed by atoms with van der Waals surface area (Å²) in [5.74, 6) is -1.93. The molecule has 0 aromatic heterocycles. The van der Waals surface area contributed by atoms with Gasteiger partial charge in [-0.2, -0.15) is 0 Å². The molecule has 0 nitrogen and oxygen atoms in total. The second kappa shape index (κ2) is 8.33. The highest BCUT2D eigenvalue weighted by molar-refractivity contribution is 5.67. The van der Waals surface area contributed by atoms with Crippen molar-refractivity contribution < 1.29 is 17.6 Å². The lowest BCUT2D eigenvalue weighted by Crippen LogP contribution is -2.28. The Hall–Kier alpha value is -2.10. The van der Waals surface area contributed by atoms with Gasteiger partial charge in [0.25, 0.3) is 0 Å². The summed E-state index contributed by atoms with van der Waals surface area (Å²) in [6, 6.07) is 4.09. The van der Waals surface area contributed by atoms with Crippen LogP contribution in [0.3, 0.4) is 0 Å². The van der Waals surface area contributed by atoms with Crippen LogP contribution in [0.4, 0.5) is 17.6 Å². The van der Waals surface area contributed by atoms with Crippen molar-refractivity contribution in [3.05, 3.63) is 70.8 Å². The van der Waals surface area contributed by atoms with Crippen molar-refractivity contribution in [1.82, 2.24) is 0 Å². The molecular weight excluding hydrogens is 376 g/mol. The van der Waals surface area contributed by atoms with E-state index >= 15 is 4.39 Å². The molecule has 3 unspecified atom stereocenters. The fraction of sp³-hybridized carbons (Fsp3) is 0.440. The van der Waals surface area contributed by atoms with Gasteiger partial charge in [-0.3, -0.25) is 0 Å². The predicted molar refractivity (Wildman–Crippen MR) is 108 cm³/mol. The van der Waals surface area contributed by atoms with Crippen molar-refractivity contribution in [3.8, 4) is 11.1 Å². The van der Waals surface area contributed by atoms with Crippen LogP contribution in [0, 0.1) is 35.1 Å². The van der Waals surface area contributed by atoms with Crippen LogP contribution in [0.15, 0.2) is 36.4 Å². The fourth-order valence-corrected chi connectivity index (χ4v) is 5.21. The second-order valence-corrected chi connectivity index (χ2v) is 8.47. The summed E-state index contributed by atoms with van der Waals surface area (Å²) in [6.45, 7) is 2.16. The Morgan fingerprint density at radius 3 is 2.45 bits per heavy atom. The van der Waals surface area contributed by atoms with E-state index in [0.29, 0.717) is 29.9 Å². The Balaban J connectivity index is 1.65. The van der Waals surface area contributed by atoms with Gasteiger partial charge < -0.3 is 0 Å². The number of halogens is 4. The van der Waals surface area contributed by atoms with Gasteiger partial charge in [-0.15, -0.1) is 0 Å². The third-order valence-electron chi connectivity index (χ3n) is 6.56. The van der Waals surface area contributed by atoms with Crippen molar-refractivity contribution >= 4 is 0 Å². The Morgan fingerprint density at radius 2 is 1.72 bits per heavy atom. The average Bonchev–Trinajstić information content (AvgIpc) is 2.67. The fourth-order valence-electron chi connectivity index (χ4n) is 5.21. The Kier molecular flexibility index (Phi) is 5.80. The predicted octanol–water partition coefficient (Wildman–Crippen LogP) is 7.71. The van der Waals surface area contributed by atoms with E-state index < -0.39 is 23.3 Å². The van der Waals surface area contributed by atoms with E-state index in [1.807, 2.05) is 0 Å². The summed E-state index contributed by atoms with van der Waals surface area (Å²) in [5.41, 5.74) is 0.865. The molecule has 0 bridgehead atoms. The van der Waals surface area contributed by atoms with Crippen molar-refractivity contribution in [2.24, 2.45) is 11.8 Å². The third-order valence-corrected chi connectivity index (χ3v) is 6.56. The average molecular weight is 402 g/mol. The topological polar surface area (TPSA) is 0 Å². The maximum Gasteiger partial charge on any atom is 0.137 e. The molecule has 2 aromatic rings. The minimum absolute atomic E-state index is 0.0906. The van der Waals surface area contributed by atoms with Crippen molar-refractivity contribution in [2.45, 2.75) is 57.8 Å². The van der Waals surface area contributed by atoms with Crippen LogP contribution in [0.1, 0.15) is 62.5 Å². The van der Waals surface area contributed by atoms with Gasteiger partial charge in [0.2, 0.25) is 0 Å². The zero-order chi connectivity index (χ0) is 20.5. The zero-order valence-electron chi connectivity index (χ0n) is 16.7. The highest BCUT2D eigenvalue weighted by Crippen LogP contribution is 2.49. The van der Waals surface area contributed by atoms with Crippen LogP contribution in [0.25, 0.3) is 11.1 Å². The highest BCUT2D eigenvalue weighted by Gasteiger charge is 2.37. The molecule has 0 amide bonds. The van der Waals surface area contributed by atoms with Crippen molar-refractivity contribution in [1.29, 1.82) is 0 Å². The lowest BCUT2D eigenvalue weighted by atomic mass is 9.65. The zero-order valence-corrected chi connectivity index (χ0v) is 16.7. The summed E-state index contributed by atoms with van der Waals surface area (Å²) in [4.78, 5) is 0. The number of rotatable bonds is 4. The van der Waals surface area contributed by atoms with E-state index in [0.717, 1.165) is 56.2 Å². The second-order valence-electron chi connectivity index (χ2n) is 8.47. The molecule has 1 saturated carbocycles. The van der Waals surface area contributed by atoms with Gasteiger partial charge >= 0.3 is 0 Å². The van der Waals surface area contributed by atoms with E-state index in [1.165, 1.54) is 6.07 Å². The smallest absolute Gasteiger partial charge is 0.137 e. The quantitative estimate of drug-likeness (QED) is 0.363. The molecule has 0 heterocycles. The molecule has 1 fully saturated rings. The van der Waals surface area contributed by atoms with E-state index in [-0.39, 0.29) is 17.0 Å². The molecule has 0 N–H and O–H groups in total. The maximum atomic E-state index is 15.3. The number of benzene rings is 2. The van der Waals surface area contributed by atoms with Gasteiger partial charge in [-0.05, 0) is 91.2 Å². The summed E-state index contributed by atoms with van der Waals surface area (Å²) >= 11 is 0. The first-order chi connectivity index (χ1) is 14.0. The maximum absolute atomic E-state index is 15.3. The number of unbranched alkanes of at least 4 members (excludes halogenated alkanes) is 1.